The molecule has 5 heteroatoms. The van der Waals surface area contributed by atoms with Gasteiger partial charge in [-0.25, -0.2) is 0 Å². The standard InChI is InChI=1S/C20H23N3O2/c1-14(15-7-3-2-4-8-15)22-19(24)16-11-12-21-18(13-16)20(25)23-17-9-5-6-10-17/h2-4,7-8,11-14,17H,5-6,9-10H2,1H3,(H,22,24)(H,23,25). The predicted octanol–water partition coefficient (Wildman–Crippen LogP) is 3.25. The van der Waals surface area contributed by atoms with Crippen molar-refractivity contribution in [3.63, 3.8) is 0 Å². The molecule has 0 aliphatic heterocycles. The van der Waals surface area contributed by atoms with Gasteiger partial charge < -0.3 is 10.6 Å². The summed E-state index contributed by atoms with van der Waals surface area (Å²) in [6.45, 7) is 1.93. The van der Waals surface area contributed by atoms with E-state index in [1.54, 1.807) is 12.1 Å². The first-order valence-electron chi connectivity index (χ1n) is 8.76. The number of benzene rings is 1. The Labute approximate surface area is 147 Å². The van der Waals surface area contributed by atoms with Crippen LogP contribution in [0.2, 0.25) is 0 Å². The van der Waals surface area contributed by atoms with Crippen LogP contribution in [0.4, 0.5) is 0 Å². The third-order valence-corrected chi connectivity index (χ3v) is 4.59. The van der Waals surface area contributed by atoms with Crippen molar-refractivity contribution >= 4 is 11.8 Å². The number of hydrogen-bond donors (Lipinski definition) is 2. The Morgan fingerprint density at radius 1 is 1.08 bits per heavy atom. The highest BCUT2D eigenvalue weighted by atomic mass is 16.2. The minimum Gasteiger partial charge on any atom is -0.348 e. The van der Waals surface area contributed by atoms with Gasteiger partial charge in [0.15, 0.2) is 0 Å². The van der Waals surface area contributed by atoms with Crippen molar-refractivity contribution < 1.29 is 9.59 Å². The van der Waals surface area contributed by atoms with Crippen LogP contribution in [-0.4, -0.2) is 22.8 Å². The molecular weight excluding hydrogens is 314 g/mol. The molecule has 2 N–H and O–H groups in total. The van der Waals surface area contributed by atoms with Gasteiger partial charge in [-0.3, -0.25) is 14.6 Å². The van der Waals surface area contributed by atoms with Crippen LogP contribution in [0.15, 0.2) is 48.7 Å². The summed E-state index contributed by atoms with van der Waals surface area (Å²) in [6.07, 6.45) is 5.84. The highest BCUT2D eigenvalue weighted by Gasteiger charge is 2.19. The molecule has 1 aromatic heterocycles. The van der Waals surface area contributed by atoms with Gasteiger partial charge in [-0.15, -0.1) is 0 Å². The zero-order chi connectivity index (χ0) is 17.6. The highest BCUT2D eigenvalue weighted by molar-refractivity contribution is 5.98. The predicted molar refractivity (Wildman–Crippen MR) is 96.3 cm³/mol. The van der Waals surface area contributed by atoms with Gasteiger partial charge >= 0.3 is 0 Å². The van der Waals surface area contributed by atoms with Crippen molar-refractivity contribution in [2.45, 2.75) is 44.7 Å². The van der Waals surface area contributed by atoms with Gasteiger partial charge in [-0.1, -0.05) is 43.2 Å². The molecule has 2 aromatic rings. The Kier molecular flexibility index (Phi) is 5.43. The number of nitrogens with zero attached hydrogens (tertiary/aromatic N) is 1. The van der Waals surface area contributed by atoms with E-state index in [9.17, 15) is 9.59 Å². The molecule has 25 heavy (non-hydrogen) atoms. The highest BCUT2D eigenvalue weighted by Crippen LogP contribution is 2.18. The fourth-order valence-electron chi connectivity index (χ4n) is 3.13. The second-order valence-corrected chi connectivity index (χ2v) is 6.49. The van der Waals surface area contributed by atoms with Crippen molar-refractivity contribution in [1.82, 2.24) is 15.6 Å². The van der Waals surface area contributed by atoms with Crippen molar-refractivity contribution in [3.05, 3.63) is 65.5 Å². The number of pyridine rings is 1. The molecular formula is C20H23N3O2. The lowest BCUT2D eigenvalue weighted by atomic mass is 10.1. The Hall–Kier alpha value is -2.69. The summed E-state index contributed by atoms with van der Waals surface area (Å²) >= 11 is 0. The van der Waals surface area contributed by atoms with Crippen molar-refractivity contribution in [2.75, 3.05) is 0 Å². The quantitative estimate of drug-likeness (QED) is 0.880. The average Bonchev–Trinajstić information content (AvgIpc) is 3.15. The van der Waals surface area contributed by atoms with E-state index >= 15 is 0 Å². The number of aromatic nitrogens is 1. The van der Waals surface area contributed by atoms with Gasteiger partial charge in [-0.05, 0) is 37.5 Å². The van der Waals surface area contributed by atoms with E-state index in [-0.39, 0.29) is 29.6 Å². The third kappa shape index (κ3) is 4.44. The molecule has 0 saturated heterocycles. The molecule has 1 fully saturated rings. The first-order chi connectivity index (χ1) is 12.1. The summed E-state index contributed by atoms with van der Waals surface area (Å²) in [6, 6.07) is 13.1. The van der Waals surface area contributed by atoms with E-state index in [1.807, 2.05) is 37.3 Å². The van der Waals surface area contributed by atoms with Crippen LogP contribution in [0.1, 0.15) is 65.1 Å². The first-order valence-corrected chi connectivity index (χ1v) is 8.76. The molecule has 0 bridgehead atoms. The van der Waals surface area contributed by atoms with Gasteiger partial charge in [0, 0.05) is 17.8 Å². The fraction of sp³-hybridized carbons (Fsp3) is 0.350. The van der Waals surface area contributed by atoms with Crippen LogP contribution in [0.25, 0.3) is 0 Å². The molecule has 1 aliphatic rings. The summed E-state index contributed by atoms with van der Waals surface area (Å²) in [5.41, 5.74) is 1.75. The Balaban J connectivity index is 1.65. The number of rotatable bonds is 5. The van der Waals surface area contributed by atoms with Crippen LogP contribution in [0.3, 0.4) is 0 Å². The maximum Gasteiger partial charge on any atom is 0.270 e. The van der Waals surface area contributed by atoms with Crippen LogP contribution in [-0.2, 0) is 0 Å². The fourth-order valence-corrected chi connectivity index (χ4v) is 3.13. The maximum atomic E-state index is 12.5. The number of amides is 2. The van der Waals surface area contributed by atoms with E-state index in [4.69, 9.17) is 0 Å². The molecule has 1 saturated carbocycles. The van der Waals surface area contributed by atoms with Crippen LogP contribution in [0.5, 0.6) is 0 Å². The molecule has 2 amide bonds. The Bertz CT molecular complexity index is 740. The van der Waals surface area contributed by atoms with E-state index < -0.39 is 0 Å². The van der Waals surface area contributed by atoms with Crippen LogP contribution >= 0.6 is 0 Å². The van der Waals surface area contributed by atoms with Crippen molar-refractivity contribution in [3.8, 4) is 0 Å². The van der Waals surface area contributed by atoms with E-state index in [2.05, 4.69) is 15.6 Å². The largest absolute Gasteiger partial charge is 0.348 e. The lowest BCUT2D eigenvalue weighted by Gasteiger charge is -2.15. The molecule has 1 atom stereocenters. The van der Waals surface area contributed by atoms with Gasteiger partial charge in [0.05, 0.1) is 6.04 Å². The monoisotopic (exact) mass is 337 g/mol. The SMILES string of the molecule is CC(NC(=O)c1ccnc(C(=O)NC2CCCC2)c1)c1ccccc1. The van der Waals surface area contributed by atoms with Gasteiger partial charge in [-0.2, -0.15) is 0 Å². The van der Waals surface area contributed by atoms with E-state index in [0.29, 0.717) is 5.56 Å². The van der Waals surface area contributed by atoms with E-state index in [0.717, 1.165) is 31.2 Å². The summed E-state index contributed by atoms with van der Waals surface area (Å²) in [4.78, 5) is 28.9. The van der Waals surface area contributed by atoms with Gasteiger partial charge in [0.1, 0.15) is 5.69 Å². The molecule has 1 unspecified atom stereocenters. The zero-order valence-electron chi connectivity index (χ0n) is 14.4. The summed E-state index contributed by atoms with van der Waals surface area (Å²) in [5.74, 6) is -0.425. The summed E-state index contributed by atoms with van der Waals surface area (Å²) < 4.78 is 0. The average molecular weight is 337 g/mol. The number of hydrogen-bond acceptors (Lipinski definition) is 3. The Morgan fingerprint density at radius 3 is 2.52 bits per heavy atom. The molecule has 0 radical (unpaired) electrons. The topological polar surface area (TPSA) is 71.1 Å². The molecule has 3 rings (SSSR count). The summed E-state index contributed by atoms with van der Waals surface area (Å²) in [5, 5.41) is 5.95. The smallest absolute Gasteiger partial charge is 0.270 e. The zero-order valence-corrected chi connectivity index (χ0v) is 14.4. The molecule has 0 spiro atoms. The number of carbonyl (C=O) groups excluding carboxylic acids is 2. The first kappa shape index (κ1) is 17.1. The Morgan fingerprint density at radius 2 is 1.80 bits per heavy atom. The number of nitrogens with one attached hydrogen (secondary N) is 2. The molecule has 1 aromatic carbocycles. The molecule has 130 valence electrons. The normalized spacial score (nSPS) is 15.6. The van der Waals surface area contributed by atoms with Gasteiger partial charge in [0.2, 0.25) is 0 Å². The van der Waals surface area contributed by atoms with Crippen LogP contribution in [0, 0.1) is 0 Å². The number of carbonyl (C=O) groups is 2. The summed E-state index contributed by atoms with van der Waals surface area (Å²) in [7, 11) is 0. The lowest BCUT2D eigenvalue weighted by molar-refractivity contribution is 0.0933. The molecule has 1 heterocycles. The van der Waals surface area contributed by atoms with Crippen LogP contribution < -0.4 is 10.6 Å². The van der Waals surface area contributed by atoms with Crippen molar-refractivity contribution in [2.24, 2.45) is 0 Å². The maximum absolute atomic E-state index is 12.5. The minimum absolute atomic E-state index is 0.113. The molecule has 5 nitrogen and oxygen atoms in total. The van der Waals surface area contributed by atoms with Gasteiger partial charge in [0.25, 0.3) is 11.8 Å². The third-order valence-electron chi connectivity index (χ3n) is 4.59. The lowest BCUT2D eigenvalue weighted by Crippen LogP contribution is -2.33. The minimum atomic E-state index is -0.214. The second-order valence-electron chi connectivity index (χ2n) is 6.49. The van der Waals surface area contributed by atoms with E-state index in [1.165, 1.54) is 6.20 Å². The second kappa shape index (κ2) is 7.92. The molecule has 1 aliphatic carbocycles. The van der Waals surface area contributed by atoms with Crippen molar-refractivity contribution in [1.29, 1.82) is 0 Å².